The number of anilines is 2. The van der Waals surface area contributed by atoms with E-state index in [0.717, 1.165) is 6.07 Å². The molecule has 0 bridgehead atoms. The summed E-state index contributed by atoms with van der Waals surface area (Å²) in [6.45, 7) is 0. The lowest BCUT2D eigenvalue weighted by Gasteiger charge is -2.19. The largest absolute Gasteiger partial charge is 0.508 e. The molecule has 4 nitrogen and oxygen atoms in total. The van der Waals surface area contributed by atoms with Crippen LogP contribution in [0.25, 0.3) is 0 Å². The van der Waals surface area contributed by atoms with Crippen LogP contribution in [0.3, 0.4) is 0 Å². The molecule has 2 rings (SSSR count). The van der Waals surface area contributed by atoms with E-state index in [1.165, 1.54) is 30.1 Å². The molecule has 20 heavy (non-hydrogen) atoms. The minimum Gasteiger partial charge on any atom is -0.508 e. The molecule has 0 aliphatic rings. The summed E-state index contributed by atoms with van der Waals surface area (Å²) in [4.78, 5) is 13.5. The van der Waals surface area contributed by atoms with Crippen LogP contribution < -0.4 is 10.6 Å². The number of benzene rings is 2. The fraction of sp³-hybridized carbons (Fsp3) is 0.0714. The van der Waals surface area contributed by atoms with Crippen molar-refractivity contribution in [1.82, 2.24) is 0 Å². The Hall–Kier alpha value is -2.27. The average molecular weight is 295 g/mol. The van der Waals surface area contributed by atoms with Crippen molar-refractivity contribution in [3.8, 4) is 5.75 Å². The maximum Gasteiger partial charge on any atom is 0.261 e. The van der Waals surface area contributed by atoms with E-state index < -0.39 is 11.7 Å². The van der Waals surface area contributed by atoms with Crippen LogP contribution >= 0.6 is 11.6 Å². The molecule has 0 heterocycles. The van der Waals surface area contributed by atoms with Crippen molar-refractivity contribution in [2.24, 2.45) is 0 Å². The number of nitrogens with two attached hydrogens (primary N) is 1. The van der Waals surface area contributed by atoms with Crippen LogP contribution in [-0.4, -0.2) is 18.1 Å². The highest BCUT2D eigenvalue weighted by Crippen LogP contribution is 2.28. The zero-order valence-corrected chi connectivity index (χ0v) is 11.4. The molecule has 6 heteroatoms. The van der Waals surface area contributed by atoms with Crippen LogP contribution in [0, 0.1) is 5.82 Å². The van der Waals surface area contributed by atoms with E-state index in [2.05, 4.69) is 0 Å². The first-order valence-electron chi connectivity index (χ1n) is 5.71. The topological polar surface area (TPSA) is 66.6 Å². The molecule has 2 aromatic rings. The van der Waals surface area contributed by atoms with Crippen molar-refractivity contribution < 1.29 is 14.3 Å². The van der Waals surface area contributed by atoms with E-state index in [-0.39, 0.29) is 11.3 Å². The van der Waals surface area contributed by atoms with Gasteiger partial charge in [-0.25, -0.2) is 4.39 Å². The van der Waals surface area contributed by atoms with Crippen molar-refractivity contribution in [2.75, 3.05) is 17.7 Å². The second-order valence-electron chi connectivity index (χ2n) is 4.23. The Labute approximate surface area is 120 Å². The van der Waals surface area contributed by atoms with Gasteiger partial charge in [0.15, 0.2) is 0 Å². The summed E-state index contributed by atoms with van der Waals surface area (Å²) in [6.07, 6.45) is 0. The number of phenolic OH excluding ortho intramolecular Hbond substituents is 1. The number of nitrogen functional groups attached to an aromatic ring is 1. The van der Waals surface area contributed by atoms with Gasteiger partial charge < -0.3 is 15.7 Å². The van der Waals surface area contributed by atoms with E-state index >= 15 is 0 Å². The summed E-state index contributed by atoms with van der Waals surface area (Å²) in [6, 6.07) is 8.01. The molecule has 3 N–H and O–H groups in total. The fourth-order valence-corrected chi connectivity index (χ4v) is 1.94. The molecule has 0 spiro atoms. The first-order valence-corrected chi connectivity index (χ1v) is 6.09. The van der Waals surface area contributed by atoms with Gasteiger partial charge in [0.05, 0.1) is 16.9 Å². The van der Waals surface area contributed by atoms with Crippen LogP contribution in [-0.2, 0) is 0 Å². The monoisotopic (exact) mass is 294 g/mol. The normalized spacial score (nSPS) is 10.3. The maximum atomic E-state index is 13.7. The van der Waals surface area contributed by atoms with Gasteiger partial charge in [0.25, 0.3) is 5.91 Å². The fourth-order valence-electron chi connectivity index (χ4n) is 1.77. The molecule has 0 saturated carbocycles. The number of nitrogens with zero attached hydrogens (tertiary/aromatic N) is 1. The number of carbonyl (C=O) groups is 1. The number of halogens is 2. The Morgan fingerprint density at radius 1 is 1.30 bits per heavy atom. The van der Waals surface area contributed by atoms with Crippen LogP contribution in [0.15, 0.2) is 36.4 Å². The molecular formula is C14H12ClFN2O2. The van der Waals surface area contributed by atoms with Crippen molar-refractivity contribution in [2.45, 2.75) is 0 Å². The minimum atomic E-state index is -0.803. The predicted octanol–water partition coefficient (Wildman–Crippen LogP) is 3.04. The van der Waals surface area contributed by atoms with Gasteiger partial charge in [-0.05, 0) is 30.3 Å². The highest BCUT2D eigenvalue weighted by molar-refractivity contribution is 6.31. The first-order chi connectivity index (χ1) is 9.40. The zero-order valence-electron chi connectivity index (χ0n) is 10.6. The summed E-state index contributed by atoms with van der Waals surface area (Å²) in [7, 11) is 1.47. The third-order valence-electron chi connectivity index (χ3n) is 2.84. The number of hydrogen-bond donors (Lipinski definition) is 2. The van der Waals surface area contributed by atoms with Gasteiger partial charge in [-0.3, -0.25) is 4.79 Å². The van der Waals surface area contributed by atoms with E-state index in [1.54, 1.807) is 12.1 Å². The summed E-state index contributed by atoms with van der Waals surface area (Å²) < 4.78 is 13.7. The summed E-state index contributed by atoms with van der Waals surface area (Å²) in [5.41, 5.74) is 6.36. The number of rotatable bonds is 2. The second-order valence-corrected chi connectivity index (χ2v) is 4.67. The molecule has 0 radical (unpaired) electrons. The second kappa shape index (κ2) is 5.38. The van der Waals surface area contributed by atoms with E-state index in [9.17, 15) is 9.18 Å². The van der Waals surface area contributed by atoms with Gasteiger partial charge >= 0.3 is 0 Å². The first kappa shape index (κ1) is 14.1. The van der Waals surface area contributed by atoms with Crippen LogP contribution in [0.2, 0.25) is 5.02 Å². The van der Waals surface area contributed by atoms with Gasteiger partial charge in [-0.15, -0.1) is 0 Å². The quantitative estimate of drug-likeness (QED) is 0.837. The summed E-state index contributed by atoms with van der Waals surface area (Å²) in [5, 5.41) is 9.57. The van der Waals surface area contributed by atoms with Crippen LogP contribution in [0.5, 0.6) is 5.75 Å². The lowest BCUT2D eigenvalue weighted by molar-refractivity contribution is 0.0989. The Kier molecular flexibility index (Phi) is 3.81. The standard InChI is InChI=1S/C14H12ClFN2O2/c1-18(13-6-8(15)2-5-12(13)17)14(20)10-4-3-9(19)7-11(10)16/h2-7,19H,17H2,1H3. The minimum absolute atomic E-state index is 0.162. The Bertz CT molecular complexity index is 676. The number of phenols is 1. The van der Waals surface area contributed by atoms with Gasteiger partial charge in [0.1, 0.15) is 11.6 Å². The average Bonchev–Trinajstić information content (AvgIpc) is 2.40. The van der Waals surface area contributed by atoms with Gasteiger partial charge in [-0.2, -0.15) is 0 Å². The molecular weight excluding hydrogens is 283 g/mol. The third-order valence-corrected chi connectivity index (χ3v) is 3.08. The third kappa shape index (κ3) is 2.67. The molecule has 0 aliphatic carbocycles. The molecule has 0 saturated heterocycles. The molecule has 0 unspecified atom stereocenters. The Balaban J connectivity index is 2.40. The van der Waals surface area contributed by atoms with Crippen molar-refractivity contribution in [1.29, 1.82) is 0 Å². The highest BCUT2D eigenvalue weighted by Gasteiger charge is 2.19. The van der Waals surface area contributed by atoms with E-state index in [4.69, 9.17) is 22.4 Å². The van der Waals surface area contributed by atoms with Gasteiger partial charge in [0.2, 0.25) is 0 Å². The Morgan fingerprint density at radius 3 is 2.65 bits per heavy atom. The van der Waals surface area contributed by atoms with Crippen molar-refractivity contribution in [3.05, 3.63) is 52.8 Å². The summed E-state index contributed by atoms with van der Waals surface area (Å²) >= 11 is 5.86. The van der Waals surface area contributed by atoms with Crippen molar-refractivity contribution in [3.63, 3.8) is 0 Å². The number of carbonyl (C=O) groups excluding carboxylic acids is 1. The SMILES string of the molecule is CN(C(=O)c1ccc(O)cc1F)c1cc(Cl)ccc1N. The lowest BCUT2D eigenvalue weighted by atomic mass is 10.1. The molecule has 0 atom stereocenters. The lowest BCUT2D eigenvalue weighted by Crippen LogP contribution is -2.27. The zero-order chi connectivity index (χ0) is 14.9. The van der Waals surface area contributed by atoms with E-state index in [0.29, 0.717) is 16.4 Å². The number of aromatic hydroxyl groups is 1. The molecule has 1 amide bonds. The highest BCUT2D eigenvalue weighted by atomic mass is 35.5. The van der Waals surface area contributed by atoms with E-state index in [1.807, 2.05) is 0 Å². The Morgan fingerprint density at radius 2 is 2.00 bits per heavy atom. The van der Waals surface area contributed by atoms with Gasteiger partial charge in [-0.1, -0.05) is 11.6 Å². The predicted molar refractivity (Wildman–Crippen MR) is 76.7 cm³/mol. The smallest absolute Gasteiger partial charge is 0.261 e. The molecule has 2 aromatic carbocycles. The van der Waals surface area contributed by atoms with Crippen LogP contribution in [0.1, 0.15) is 10.4 Å². The van der Waals surface area contributed by atoms with Crippen molar-refractivity contribution >= 4 is 28.9 Å². The number of hydrogen-bond acceptors (Lipinski definition) is 3. The molecule has 0 aliphatic heterocycles. The molecule has 0 aromatic heterocycles. The summed E-state index contributed by atoms with van der Waals surface area (Å²) in [5.74, 6) is -1.64. The molecule has 104 valence electrons. The number of amides is 1. The maximum absolute atomic E-state index is 13.7. The molecule has 0 fully saturated rings. The van der Waals surface area contributed by atoms with Gasteiger partial charge in [0, 0.05) is 18.1 Å². The van der Waals surface area contributed by atoms with Crippen LogP contribution in [0.4, 0.5) is 15.8 Å².